The molecule has 1 amide bonds. The second-order valence-corrected chi connectivity index (χ2v) is 6.24. The lowest BCUT2D eigenvalue weighted by Crippen LogP contribution is -2.38. The van der Waals surface area contributed by atoms with E-state index < -0.39 is 0 Å². The number of hydrogen-bond acceptors (Lipinski definition) is 4. The summed E-state index contributed by atoms with van der Waals surface area (Å²) in [5.74, 6) is 1.44. The maximum Gasteiger partial charge on any atom is 0.220 e. The number of nitrogens with one attached hydrogen (secondary N) is 2. The normalized spacial score (nSPS) is 42.2. The van der Waals surface area contributed by atoms with Gasteiger partial charge in [0.05, 0.1) is 18.8 Å². The number of carbonyl (C=O) groups excluding carboxylic acids is 1. The molecule has 2 saturated heterocycles. The quantitative estimate of drug-likeness (QED) is 0.673. The van der Waals surface area contributed by atoms with E-state index in [2.05, 4.69) is 10.6 Å². The molecule has 0 aromatic heterocycles. The highest BCUT2D eigenvalue weighted by Crippen LogP contribution is 2.36. The molecule has 1 aliphatic carbocycles. The van der Waals surface area contributed by atoms with Gasteiger partial charge in [-0.2, -0.15) is 0 Å². The van der Waals surface area contributed by atoms with Crippen LogP contribution in [0.25, 0.3) is 0 Å². The highest BCUT2D eigenvalue weighted by molar-refractivity contribution is 5.77. The summed E-state index contributed by atoms with van der Waals surface area (Å²) in [6.07, 6.45) is 5.29. The SMILES string of the molecule is O=C1C[C@@H]2CC(NC[C@H]3CC[C@@H](CO)O3)C[C@@H]2CN1. The molecule has 3 rings (SSSR count). The van der Waals surface area contributed by atoms with Crippen molar-refractivity contribution < 1.29 is 14.6 Å². The molecule has 1 saturated carbocycles. The predicted molar refractivity (Wildman–Crippen MR) is 70.6 cm³/mol. The molecule has 5 heteroatoms. The summed E-state index contributed by atoms with van der Waals surface area (Å²) in [6, 6.07) is 0.527. The standard InChI is InChI=1S/C14H24N2O3/c17-8-13-2-1-12(19-13)7-15-11-3-9-5-14(18)16-6-10(9)4-11/h9-13,15,17H,1-8H2,(H,16,18)/t9-,10+,11?,12+,13-/m0/s1. The Morgan fingerprint density at radius 1 is 1.26 bits per heavy atom. The van der Waals surface area contributed by atoms with Crippen molar-refractivity contribution in [2.75, 3.05) is 19.7 Å². The van der Waals surface area contributed by atoms with Crippen molar-refractivity contribution in [3.63, 3.8) is 0 Å². The van der Waals surface area contributed by atoms with Gasteiger partial charge in [-0.15, -0.1) is 0 Å². The molecule has 108 valence electrons. The number of rotatable bonds is 4. The van der Waals surface area contributed by atoms with Crippen LogP contribution in [0, 0.1) is 11.8 Å². The molecule has 0 aromatic rings. The average molecular weight is 268 g/mol. The molecule has 19 heavy (non-hydrogen) atoms. The first-order valence-electron chi connectivity index (χ1n) is 7.51. The van der Waals surface area contributed by atoms with E-state index in [0.29, 0.717) is 24.3 Å². The molecule has 3 fully saturated rings. The van der Waals surface area contributed by atoms with Crippen LogP contribution in [0.5, 0.6) is 0 Å². The van der Waals surface area contributed by atoms with E-state index in [1.54, 1.807) is 0 Å². The number of ether oxygens (including phenoxy) is 1. The Morgan fingerprint density at radius 3 is 2.84 bits per heavy atom. The summed E-state index contributed by atoms with van der Waals surface area (Å²) < 4.78 is 5.73. The van der Waals surface area contributed by atoms with Gasteiger partial charge in [-0.3, -0.25) is 4.79 Å². The van der Waals surface area contributed by atoms with E-state index in [4.69, 9.17) is 9.84 Å². The lowest BCUT2D eigenvalue weighted by molar-refractivity contribution is -0.124. The Kier molecular flexibility index (Phi) is 4.05. The van der Waals surface area contributed by atoms with Crippen LogP contribution >= 0.6 is 0 Å². The number of carbonyl (C=O) groups is 1. The molecule has 2 heterocycles. The van der Waals surface area contributed by atoms with Crippen molar-refractivity contribution >= 4 is 5.91 Å². The summed E-state index contributed by atoms with van der Waals surface area (Å²) in [6.45, 7) is 1.87. The van der Waals surface area contributed by atoms with Crippen molar-refractivity contribution in [1.29, 1.82) is 0 Å². The Bertz CT molecular complexity index is 337. The summed E-state index contributed by atoms with van der Waals surface area (Å²) in [5, 5.41) is 15.6. The fourth-order valence-electron chi connectivity index (χ4n) is 3.80. The number of fused-ring (bicyclic) bond motifs is 1. The lowest BCUT2D eigenvalue weighted by Gasteiger charge is -2.24. The minimum Gasteiger partial charge on any atom is -0.394 e. The van der Waals surface area contributed by atoms with Gasteiger partial charge in [0.15, 0.2) is 0 Å². The second-order valence-electron chi connectivity index (χ2n) is 6.24. The van der Waals surface area contributed by atoms with Crippen LogP contribution in [0.2, 0.25) is 0 Å². The molecule has 3 aliphatic rings. The summed E-state index contributed by atoms with van der Waals surface area (Å²) in [7, 11) is 0. The molecule has 0 radical (unpaired) electrons. The van der Waals surface area contributed by atoms with Gasteiger partial charge in [0, 0.05) is 25.6 Å². The molecule has 3 N–H and O–H groups in total. The maximum atomic E-state index is 11.4. The van der Waals surface area contributed by atoms with E-state index in [9.17, 15) is 4.79 Å². The number of amides is 1. The van der Waals surface area contributed by atoms with Gasteiger partial charge < -0.3 is 20.5 Å². The second kappa shape index (κ2) is 5.77. The third-order valence-electron chi connectivity index (χ3n) is 4.88. The van der Waals surface area contributed by atoms with Crippen LogP contribution in [0.1, 0.15) is 32.1 Å². The summed E-state index contributed by atoms with van der Waals surface area (Å²) >= 11 is 0. The van der Waals surface area contributed by atoms with Crippen LogP contribution in [-0.4, -0.2) is 49.0 Å². The van der Waals surface area contributed by atoms with E-state index in [1.165, 1.54) is 6.42 Å². The zero-order valence-corrected chi connectivity index (χ0v) is 11.3. The predicted octanol–water partition coefficient (Wildman–Crippen LogP) is 0.0306. The molecule has 2 aliphatic heterocycles. The van der Waals surface area contributed by atoms with Crippen molar-refractivity contribution in [3.8, 4) is 0 Å². The van der Waals surface area contributed by atoms with Gasteiger partial charge >= 0.3 is 0 Å². The van der Waals surface area contributed by atoms with Gasteiger partial charge in [0.2, 0.25) is 5.91 Å². The smallest absolute Gasteiger partial charge is 0.220 e. The van der Waals surface area contributed by atoms with Crippen molar-refractivity contribution in [2.24, 2.45) is 11.8 Å². The zero-order chi connectivity index (χ0) is 13.2. The lowest BCUT2D eigenvalue weighted by atomic mass is 9.89. The highest BCUT2D eigenvalue weighted by atomic mass is 16.5. The number of hydrogen-bond donors (Lipinski definition) is 3. The first kappa shape index (κ1) is 13.3. The molecular formula is C14H24N2O3. The van der Waals surface area contributed by atoms with Crippen molar-refractivity contribution in [3.05, 3.63) is 0 Å². The first-order chi connectivity index (χ1) is 9.24. The van der Waals surface area contributed by atoms with Crippen LogP contribution < -0.4 is 10.6 Å². The largest absolute Gasteiger partial charge is 0.394 e. The third-order valence-corrected chi connectivity index (χ3v) is 4.88. The molecular weight excluding hydrogens is 244 g/mol. The fraction of sp³-hybridized carbons (Fsp3) is 0.929. The van der Waals surface area contributed by atoms with Crippen LogP contribution in [0.3, 0.4) is 0 Å². The van der Waals surface area contributed by atoms with Crippen LogP contribution in [-0.2, 0) is 9.53 Å². The Morgan fingerprint density at radius 2 is 2.05 bits per heavy atom. The highest BCUT2D eigenvalue weighted by Gasteiger charge is 2.38. The average Bonchev–Trinajstić information content (AvgIpc) is 3.01. The molecule has 0 aromatic carbocycles. The molecule has 5 atom stereocenters. The number of piperidine rings is 1. The van der Waals surface area contributed by atoms with Crippen molar-refractivity contribution in [2.45, 2.75) is 50.4 Å². The van der Waals surface area contributed by atoms with Gasteiger partial charge in [-0.1, -0.05) is 0 Å². The van der Waals surface area contributed by atoms with Gasteiger partial charge in [-0.05, 0) is 37.5 Å². The van der Waals surface area contributed by atoms with Gasteiger partial charge in [0.1, 0.15) is 0 Å². The minimum absolute atomic E-state index is 0.0415. The van der Waals surface area contributed by atoms with Crippen LogP contribution in [0.15, 0.2) is 0 Å². The first-order valence-corrected chi connectivity index (χ1v) is 7.51. The number of aliphatic hydroxyl groups excluding tert-OH is 1. The summed E-state index contributed by atoms with van der Waals surface area (Å²) in [5.41, 5.74) is 0. The van der Waals surface area contributed by atoms with Crippen LogP contribution in [0.4, 0.5) is 0 Å². The molecule has 0 spiro atoms. The van der Waals surface area contributed by atoms with E-state index in [0.717, 1.165) is 32.4 Å². The number of aliphatic hydroxyl groups is 1. The fourth-order valence-corrected chi connectivity index (χ4v) is 3.80. The monoisotopic (exact) mass is 268 g/mol. The maximum absolute atomic E-state index is 11.4. The Labute approximate surface area is 114 Å². The van der Waals surface area contributed by atoms with E-state index in [1.807, 2.05) is 0 Å². The Hall–Kier alpha value is -0.650. The molecule has 1 unspecified atom stereocenters. The zero-order valence-electron chi connectivity index (χ0n) is 11.3. The molecule has 0 bridgehead atoms. The van der Waals surface area contributed by atoms with E-state index >= 15 is 0 Å². The third kappa shape index (κ3) is 3.09. The summed E-state index contributed by atoms with van der Waals surface area (Å²) in [4.78, 5) is 11.4. The Balaban J connectivity index is 1.41. The molecule has 5 nitrogen and oxygen atoms in total. The van der Waals surface area contributed by atoms with Crippen molar-refractivity contribution in [1.82, 2.24) is 10.6 Å². The topological polar surface area (TPSA) is 70.6 Å². The van der Waals surface area contributed by atoms with Gasteiger partial charge in [-0.25, -0.2) is 0 Å². The van der Waals surface area contributed by atoms with Gasteiger partial charge in [0.25, 0.3) is 0 Å². The van der Waals surface area contributed by atoms with E-state index in [-0.39, 0.29) is 24.7 Å². The minimum atomic E-state index is 0.0415.